The van der Waals surface area contributed by atoms with E-state index in [1.807, 2.05) is 66.9 Å². The van der Waals surface area contributed by atoms with Crippen LogP contribution in [0.4, 0.5) is 11.5 Å². The third-order valence-corrected chi connectivity index (χ3v) is 6.85. The summed E-state index contributed by atoms with van der Waals surface area (Å²) < 4.78 is 0. The van der Waals surface area contributed by atoms with Gasteiger partial charge < -0.3 is 15.5 Å². The fourth-order valence-electron chi connectivity index (χ4n) is 4.34. The van der Waals surface area contributed by atoms with Crippen molar-refractivity contribution in [2.24, 2.45) is 0 Å². The summed E-state index contributed by atoms with van der Waals surface area (Å²) in [5.41, 5.74) is 7.03. The van der Waals surface area contributed by atoms with E-state index in [4.69, 9.17) is 23.2 Å². The van der Waals surface area contributed by atoms with Gasteiger partial charge in [0.1, 0.15) is 5.82 Å². The molecule has 1 aliphatic heterocycles. The molecule has 0 bridgehead atoms. The van der Waals surface area contributed by atoms with Gasteiger partial charge in [-0.3, -0.25) is 4.79 Å². The van der Waals surface area contributed by atoms with Crippen molar-refractivity contribution in [3.05, 3.63) is 111 Å². The number of rotatable bonds is 6. The Morgan fingerprint density at radius 2 is 1.81 bits per heavy atom. The Hall–Kier alpha value is -3.54. The molecule has 5 rings (SSSR count). The standard InChI is InChI=1S/C29H26Cl2N4O/c1-19-5-10-26(31)14-24(19)18-35-12-11-32-28-27(35)15-23(17-33-28)21-6-8-22(9-7-21)29(36)34-16-20-3-2-4-25(30)13-20/h2-10,13-15,17H,11-12,16,18H2,1H3,(H,32,33)(H,34,36). The van der Waals surface area contributed by atoms with Crippen LogP contribution in [-0.2, 0) is 13.1 Å². The molecular formula is C29H26Cl2N4O. The van der Waals surface area contributed by atoms with Crippen LogP contribution in [0, 0.1) is 6.92 Å². The summed E-state index contributed by atoms with van der Waals surface area (Å²) in [6.45, 7) is 4.99. The Balaban J connectivity index is 1.32. The monoisotopic (exact) mass is 516 g/mol. The topological polar surface area (TPSA) is 57.3 Å². The second-order valence-electron chi connectivity index (χ2n) is 8.90. The largest absolute Gasteiger partial charge is 0.367 e. The molecule has 0 unspecified atom stereocenters. The first-order chi connectivity index (χ1) is 17.5. The lowest BCUT2D eigenvalue weighted by Gasteiger charge is -2.32. The zero-order valence-electron chi connectivity index (χ0n) is 19.9. The van der Waals surface area contributed by atoms with Crippen LogP contribution >= 0.6 is 23.2 Å². The van der Waals surface area contributed by atoms with Gasteiger partial charge in [-0.05, 0) is 71.6 Å². The van der Waals surface area contributed by atoms with Gasteiger partial charge in [0.05, 0.1) is 5.69 Å². The van der Waals surface area contributed by atoms with Gasteiger partial charge in [0.15, 0.2) is 0 Å². The zero-order chi connectivity index (χ0) is 25.1. The van der Waals surface area contributed by atoms with Gasteiger partial charge in [-0.25, -0.2) is 4.98 Å². The number of nitrogens with zero attached hydrogens (tertiary/aromatic N) is 2. The molecule has 5 nitrogen and oxygen atoms in total. The molecule has 1 aromatic heterocycles. The summed E-state index contributed by atoms with van der Waals surface area (Å²) >= 11 is 12.3. The molecule has 7 heteroatoms. The quantitative estimate of drug-likeness (QED) is 0.298. The van der Waals surface area contributed by atoms with Crippen LogP contribution in [0.15, 0.2) is 79.0 Å². The highest BCUT2D eigenvalue weighted by atomic mass is 35.5. The lowest BCUT2D eigenvalue weighted by molar-refractivity contribution is 0.0951. The minimum Gasteiger partial charge on any atom is -0.367 e. The number of nitrogens with one attached hydrogen (secondary N) is 2. The Morgan fingerprint density at radius 3 is 2.61 bits per heavy atom. The summed E-state index contributed by atoms with van der Waals surface area (Å²) in [5.74, 6) is 0.749. The molecule has 4 aromatic rings. The fourth-order valence-corrected chi connectivity index (χ4v) is 4.75. The smallest absolute Gasteiger partial charge is 0.251 e. The molecule has 3 aromatic carbocycles. The van der Waals surface area contributed by atoms with Crippen LogP contribution in [0.2, 0.25) is 10.0 Å². The normalized spacial score (nSPS) is 12.6. The van der Waals surface area contributed by atoms with E-state index in [0.29, 0.717) is 17.1 Å². The van der Waals surface area contributed by atoms with Crippen molar-refractivity contribution in [3.8, 4) is 11.1 Å². The van der Waals surface area contributed by atoms with Crippen molar-refractivity contribution in [3.63, 3.8) is 0 Å². The minimum absolute atomic E-state index is 0.127. The van der Waals surface area contributed by atoms with Crippen molar-refractivity contribution in [1.82, 2.24) is 10.3 Å². The predicted molar refractivity (Wildman–Crippen MR) is 148 cm³/mol. The first-order valence-electron chi connectivity index (χ1n) is 11.8. The maximum atomic E-state index is 12.6. The Kier molecular flexibility index (Phi) is 7.12. The number of anilines is 2. The van der Waals surface area contributed by atoms with Gasteiger partial charge >= 0.3 is 0 Å². The first-order valence-corrected chi connectivity index (χ1v) is 12.6. The number of pyridine rings is 1. The van der Waals surface area contributed by atoms with E-state index in [0.717, 1.165) is 52.9 Å². The molecule has 2 N–H and O–H groups in total. The molecule has 2 heterocycles. The maximum absolute atomic E-state index is 12.6. The molecule has 0 atom stereocenters. The van der Waals surface area contributed by atoms with Gasteiger partial charge in [0.2, 0.25) is 0 Å². The van der Waals surface area contributed by atoms with Crippen LogP contribution < -0.4 is 15.5 Å². The van der Waals surface area contributed by atoms with E-state index in [1.54, 1.807) is 0 Å². The van der Waals surface area contributed by atoms with Gasteiger partial charge in [0.25, 0.3) is 5.91 Å². The molecule has 182 valence electrons. The predicted octanol–water partition coefficient (Wildman–Crippen LogP) is 6.73. The van der Waals surface area contributed by atoms with E-state index in [2.05, 4.69) is 39.6 Å². The highest BCUT2D eigenvalue weighted by Gasteiger charge is 2.20. The van der Waals surface area contributed by atoms with E-state index in [9.17, 15) is 4.79 Å². The van der Waals surface area contributed by atoms with E-state index >= 15 is 0 Å². The number of aryl methyl sites for hydroxylation is 1. The lowest BCUT2D eigenvalue weighted by Crippen LogP contribution is -2.34. The fraction of sp³-hybridized carbons (Fsp3) is 0.172. The summed E-state index contributed by atoms with van der Waals surface area (Å²) in [6.07, 6.45) is 1.87. The molecule has 0 aliphatic carbocycles. The Morgan fingerprint density at radius 1 is 1.00 bits per heavy atom. The summed E-state index contributed by atoms with van der Waals surface area (Å²) in [4.78, 5) is 19.6. The van der Waals surface area contributed by atoms with Crippen LogP contribution in [0.3, 0.4) is 0 Å². The number of benzene rings is 3. The summed E-state index contributed by atoms with van der Waals surface area (Å²) in [6, 6.07) is 23.2. The van der Waals surface area contributed by atoms with Crippen LogP contribution in [0.1, 0.15) is 27.0 Å². The molecule has 0 fully saturated rings. The average molecular weight is 517 g/mol. The van der Waals surface area contributed by atoms with Crippen molar-refractivity contribution in [2.75, 3.05) is 23.3 Å². The molecular weight excluding hydrogens is 491 g/mol. The van der Waals surface area contributed by atoms with E-state index in [1.165, 1.54) is 11.1 Å². The number of hydrogen-bond donors (Lipinski definition) is 2. The number of amides is 1. The Bertz CT molecular complexity index is 1410. The molecule has 1 aliphatic rings. The number of carbonyl (C=O) groups is 1. The van der Waals surface area contributed by atoms with Crippen LogP contribution in [0.5, 0.6) is 0 Å². The van der Waals surface area contributed by atoms with Crippen LogP contribution in [0.25, 0.3) is 11.1 Å². The molecule has 0 radical (unpaired) electrons. The van der Waals surface area contributed by atoms with Crippen molar-refractivity contribution in [1.29, 1.82) is 0 Å². The molecule has 1 amide bonds. The van der Waals surface area contributed by atoms with Gasteiger partial charge in [-0.1, -0.05) is 53.5 Å². The number of halogens is 2. The number of fused-ring (bicyclic) bond motifs is 1. The summed E-state index contributed by atoms with van der Waals surface area (Å²) in [7, 11) is 0. The number of carbonyl (C=O) groups excluding carboxylic acids is 1. The first kappa shape index (κ1) is 24.2. The van der Waals surface area contributed by atoms with Crippen molar-refractivity contribution < 1.29 is 4.79 Å². The second kappa shape index (κ2) is 10.6. The maximum Gasteiger partial charge on any atom is 0.251 e. The molecule has 0 saturated heterocycles. The molecule has 0 spiro atoms. The third-order valence-electron chi connectivity index (χ3n) is 6.38. The average Bonchev–Trinajstić information content (AvgIpc) is 2.89. The zero-order valence-corrected chi connectivity index (χ0v) is 21.4. The SMILES string of the molecule is Cc1ccc(Cl)cc1CN1CCNc2ncc(-c3ccc(C(=O)NCc4cccc(Cl)c4)cc3)cc21. The number of hydrogen-bond acceptors (Lipinski definition) is 4. The minimum atomic E-state index is -0.127. The van der Waals surface area contributed by atoms with E-state index in [-0.39, 0.29) is 5.91 Å². The van der Waals surface area contributed by atoms with Crippen molar-refractivity contribution >= 4 is 40.6 Å². The Labute approximate surface area is 221 Å². The number of aromatic nitrogens is 1. The van der Waals surface area contributed by atoms with Crippen molar-refractivity contribution in [2.45, 2.75) is 20.0 Å². The third kappa shape index (κ3) is 5.48. The van der Waals surface area contributed by atoms with Gasteiger partial charge in [0, 0.05) is 53.5 Å². The highest BCUT2D eigenvalue weighted by molar-refractivity contribution is 6.30. The second-order valence-corrected chi connectivity index (χ2v) is 9.77. The molecule has 36 heavy (non-hydrogen) atoms. The molecule has 0 saturated carbocycles. The van der Waals surface area contributed by atoms with Gasteiger partial charge in [-0.15, -0.1) is 0 Å². The van der Waals surface area contributed by atoms with Crippen LogP contribution in [-0.4, -0.2) is 24.0 Å². The lowest BCUT2D eigenvalue weighted by atomic mass is 10.0. The summed E-state index contributed by atoms with van der Waals surface area (Å²) in [5, 5.41) is 7.74. The van der Waals surface area contributed by atoms with Gasteiger partial charge in [-0.2, -0.15) is 0 Å². The van der Waals surface area contributed by atoms with E-state index < -0.39 is 0 Å². The highest BCUT2D eigenvalue weighted by Crippen LogP contribution is 2.33.